The SMILES string of the molecule is O=C(O)NCCC1CNC(=O)O1. The van der Waals surface area contributed by atoms with Gasteiger partial charge in [-0.25, -0.2) is 9.59 Å². The highest BCUT2D eigenvalue weighted by Gasteiger charge is 2.21. The second kappa shape index (κ2) is 3.80. The Kier molecular flexibility index (Phi) is 2.73. The van der Waals surface area contributed by atoms with Crippen molar-refractivity contribution in [3.63, 3.8) is 0 Å². The van der Waals surface area contributed by atoms with Crippen molar-refractivity contribution in [3.05, 3.63) is 0 Å². The summed E-state index contributed by atoms with van der Waals surface area (Å²) in [5, 5.41) is 12.9. The molecule has 1 saturated heterocycles. The number of carbonyl (C=O) groups excluding carboxylic acids is 1. The van der Waals surface area contributed by atoms with E-state index in [0.717, 1.165) is 0 Å². The molecular formula is C6H10N2O4. The van der Waals surface area contributed by atoms with Crippen molar-refractivity contribution in [3.8, 4) is 0 Å². The predicted molar refractivity (Wildman–Crippen MR) is 38.9 cm³/mol. The fourth-order valence-corrected chi connectivity index (χ4v) is 0.933. The summed E-state index contributed by atoms with van der Waals surface area (Å²) in [6.45, 7) is 0.759. The van der Waals surface area contributed by atoms with Crippen molar-refractivity contribution in [2.75, 3.05) is 13.1 Å². The summed E-state index contributed by atoms with van der Waals surface area (Å²) in [6.07, 6.45) is -1.20. The molecule has 0 bridgehead atoms. The van der Waals surface area contributed by atoms with Crippen molar-refractivity contribution in [1.82, 2.24) is 10.6 Å². The predicted octanol–water partition coefficient (Wildman–Crippen LogP) is -0.247. The van der Waals surface area contributed by atoms with Gasteiger partial charge in [-0.1, -0.05) is 0 Å². The minimum absolute atomic E-state index is 0.204. The average Bonchev–Trinajstić information content (AvgIpc) is 2.35. The molecule has 0 aliphatic carbocycles. The van der Waals surface area contributed by atoms with E-state index in [4.69, 9.17) is 9.84 Å². The van der Waals surface area contributed by atoms with Crippen LogP contribution in [0.2, 0.25) is 0 Å². The van der Waals surface area contributed by atoms with Crippen molar-refractivity contribution in [2.45, 2.75) is 12.5 Å². The number of carboxylic acid groups (broad SMARTS) is 1. The van der Waals surface area contributed by atoms with Gasteiger partial charge >= 0.3 is 12.2 Å². The fourth-order valence-electron chi connectivity index (χ4n) is 0.933. The number of cyclic esters (lactones) is 1. The molecule has 0 aromatic heterocycles. The zero-order valence-corrected chi connectivity index (χ0v) is 6.37. The van der Waals surface area contributed by atoms with Crippen LogP contribution in [-0.2, 0) is 4.74 Å². The van der Waals surface area contributed by atoms with E-state index in [1.807, 2.05) is 0 Å². The van der Waals surface area contributed by atoms with Gasteiger partial charge in [-0.3, -0.25) is 0 Å². The third-order valence-corrected chi connectivity index (χ3v) is 1.49. The number of hydrogen-bond acceptors (Lipinski definition) is 3. The highest BCUT2D eigenvalue weighted by Crippen LogP contribution is 2.02. The minimum atomic E-state index is -1.06. The van der Waals surface area contributed by atoms with E-state index in [1.54, 1.807) is 0 Å². The number of alkyl carbamates (subject to hydrolysis) is 1. The van der Waals surface area contributed by atoms with Crippen LogP contribution in [0.3, 0.4) is 0 Å². The maximum absolute atomic E-state index is 10.5. The number of amides is 2. The first-order valence-electron chi connectivity index (χ1n) is 3.60. The highest BCUT2D eigenvalue weighted by atomic mass is 16.6. The molecule has 0 radical (unpaired) electrons. The number of nitrogens with one attached hydrogen (secondary N) is 2. The standard InChI is InChI=1S/C6H10N2O4/c9-5(10)7-2-1-4-3-8-6(11)12-4/h4,7H,1-3H2,(H,8,11)(H,9,10). The topological polar surface area (TPSA) is 87.7 Å². The smallest absolute Gasteiger partial charge is 0.407 e. The molecule has 1 unspecified atom stereocenters. The number of rotatable bonds is 3. The van der Waals surface area contributed by atoms with Crippen LogP contribution in [0.25, 0.3) is 0 Å². The number of ether oxygens (including phenoxy) is 1. The molecule has 1 aliphatic heterocycles. The van der Waals surface area contributed by atoms with Gasteiger partial charge in [0.25, 0.3) is 0 Å². The van der Waals surface area contributed by atoms with Crippen molar-refractivity contribution >= 4 is 12.2 Å². The first kappa shape index (κ1) is 8.63. The molecule has 0 aromatic rings. The fraction of sp³-hybridized carbons (Fsp3) is 0.667. The van der Waals surface area contributed by atoms with Gasteiger partial charge in [0.1, 0.15) is 6.10 Å². The summed E-state index contributed by atoms with van der Waals surface area (Å²) in [4.78, 5) is 20.5. The van der Waals surface area contributed by atoms with Gasteiger partial charge in [-0.05, 0) is 0 Å². The largest absolute Gasteiger partial charge is 0.465 e. The molecule has 68 valence electrons. The molecule has 1 heterocycles. The highest BCUT2D eigenvalue weighted by molar-refractivity contribution is 5.69. The molecule has 1 aliphatic rings. The Balaban J connectivity index is 2.08. The summed E-state index contributed by atoms with van der Waals surface area (Å²) in [6, 6.07) is 0. The number of hydrogen-bond donors (Lipinski definition) is 3. The first-order valence-corrected chi connectivity index (χ1v) is 3.60. The van der Waals surface area contributed by atoms with Crippen molar-refractivity contribution in [2.24, 2.45) is 0 Å². The Morgan fingerprint density at radius 1 is 1.83 bits per heavy atom. The molecular weight excluding hydrogens is 164 g/mol. The van der Waals surface area contributed by atoms with Crippen LogP contribution in [0.5, 0.6) is 0 Å². The molecule has 2 amide bonds. The second-order valence-corrected chi connectivity index (χ2v) is 2.43. The second-order valence-electron chi connectivity index (χ2n) is 2.43. The molecule has 12 heavy (non-hydrogen) atoms. The summed E-state index contributed by atoms with van der Waals surface area (Å²) in [5.74, 6) is 0. The zero-order chi connectivity index (χ0) is 8.97. The Hall–Kier alpha value is -1.46. The molecule has 6 nitrogen and oxygen atoms in total. The molecule has 3 N–H and O–H groups in total. The lowest BCUT2D eigenvalue weighted by Gasteiger charge is -2.06. The molecule has 0 saturated carbocycles. The first-order chi connectivity index (χ1) is 5.68. The monoisotopic (exact) mass is 174 g/mol. The van der Waals surface area contributed by atoms with Crippen molar-refractivity contribution in [1.29, 1.82) is 0 Å². The third-order valence-electron chi connectivity index (χ3n) is 1.49. The molecule has 1 atom stereocenters. The Bertz CT molecular complexity index is 194. The average molecular weight is 174 g/mol. The van der Waals surface area contributed by atoms with Crippen LogP contribution < -0.4 is 10.6 Å². The number of carbonyl (C=O) groups is 2. The summed E-state index contributed by atoms with van der Waals surface area (Å²) >= 11 is 0. The van der Waals surface area contributed by atoms with Gasteiger partial charge in [-0.15, -0.1) is 0 Å². The quantitative estimate of drug-likeness (QED) is 0.550. The van der Waals surface area contributed by atoms with E-state index in [1.165, 1.54) is 0 Å². The maximum atomic E-state index is 10.5. The van der Waals surface area contributed by atoms with Crippen LogP contribution >= 0.6 is 0 Å². The minimum Gasteiger partial charge on any atom is -0.465 e. The van der Waals surface area contributed by atoms with E-state index in [-0.39, 0.29) is 6.10 Å². The third kappa shape index (κ3) is 2.65. The molecule has 1 fully saturated rings. The lowest BCUT2D eigenvalue weighted by Crippen LogP contribution is -2.26. The Morgan fingerprint density at radius 2 is 2.58 bits per heavy atom. The Morgan fingerprint density at radius 3 is 3.08 bits per heavy atom. The van der Waals surface area contributed by atoms with Gasteiger partial charge in [0.15, 0.2) is 0 Å². The van der Waals surface area contributed by atoms with Gasteiger partial charge in [0, 0.05) is 13.0 Å². The van der Waals surface area contributed by atoms with Gasteiger partial charge in [-0.2, -0.15) is 0 Å². The van der Waals surface area contributed by atoms with Gasteiger partial charge in [0.05, 0.1) is 6.54 Å². The van der Waals surface area contributed by atoms with Crippen LogP contribution in [0, 0.1) is 0 Å². The van der Waals surface area contributed by atoms with Crippen LogP contribution in [0.15, 0.2) is 0 Å². The van der Waals surface area contributed by atoms with Crippen LogP contribution in [0.1, 0.15) is 6.42 Å². The van der Waals surface area contributed by atoms with E-state index >= 15 is 0 Å². The molecule has 6 heteroatoms. The molecule has 0 spiro atoms. The lowest BCUT2D eigenvalue weighted by molar-refractivity contribution is 0.135. The Labute approximate surface area is 68.9 Å². The normalized spacial score (nSPS) is 21.3. The van der Waals surface area contributed by atoms with E-state index in [0.29, 0.717) is 19.5 Å². The van der Waals surface area contributed by atoms with E-state index in [2.05, 4.69) is 10.6 Å². The van der Waals surface area contributed by atoms with Gasteiger partial charge < -0.3 is 20.5 Å². The van der Waals surface area contributed by atoms with Crippen molar-refractivity contribution < 1.29 is 19.4 Å². The van der Waals surface area contributed by atoms with Gasteiger partial charge in [0.2, 0.25) is 0 Å². The molecule has 0 aromatic carbocycles. The van der Waals surface area contributed by atoms with E-state index < -0.39 is 12.2 Å². The molecule has 1 rings (SSSR count). The zero-order valence-electron chi connectivity index (χ0n) is 6.37. The lowest BCUT2D eigenvalue weighted by atomic mass is 10.2. The van der Waals surface area contributed by atoms with Crippen LogP contribution in [-0.4, -0.2) is 36.5 Å². The maximum Gasteiger partial charge on any atom is 0.407 e. The summed E-state index contributed by atoms with van der Waals surface area (Å²) < 4.78 is 4.76. The van der Waals surface area contributed by atoms with E-state index in [9.17, 15) is 9.59 Å². The summed E-state index contributed by atoms with van der Waals surface area (Å²) in [5.41, 5.74) is 0. The summed E-state index contributed by atoms with van der Waals surface area (Å²) in [7, 11) is 0. The van der Waals surface area contributed by atoms with Crippen LogP contribution in [0.4, 0.5) is 9.59 Å².